The van der Waals surface area contributed by atoms with Crippen LogP contribution < -0.4 is 5.69 Å². The van der Waals surface area contributed by atoms with E-state index in [9.17, 15) is 4.79 Å². The van der Waals surface area contributed by atoms with Gasteiger partial charge in [0.15, 0.2) is 0 Å². The Morgan fingerprint density at radius 1 is 1.41 bits per heavy atom. The van der Waals surface area contributed by atoms with Gasteiger partial charge in [0.05, 0.1) is 11.6 Å². The van der Waals surface area contributed by atoms with E-state index in [4.69, 9.17) is 14.6 Å². The van der Waals surface area contributed by atoms with Gasteiger partial charge in [0.1, 0.15) is 0 Å². The smallest absolute Gasteiger partial charge is 0.350 e. The number of aliphatic hydroxyl groups is 2. The van der Waals surface area contributed by atoms with Gasteiger partial charge in [0, 0.05) is 31.9 Å². The average Bonchev–Trinajstić information content (AvgIpc) is 2.77. The summed E-state index contributed by atoms with van der Waals surface area (Å²) in [5, 5.41) is 18.6. The minimum atomic E-state index is -0.387. The van der Waals surface area contributed by atoms with Crippen molar-refractivity contribution in [2.75, 3.05) is 13.2 Å². The first-order valence-electron chi connectivity index (χ1n) is 5.41. The van der Waals surface area contributed by atoms with E-state index in [1.807, 2.05) is 0 Å². The van der Waals surface area contributed by atoms with Crippen LogP contribution in [0.25, 0.3) is 11.1 Å². The van der Waals surface area contributed by atoms with Crippen molar-refractivity contribution < 1.29 is 14.6 Å². The Morgan fingerprint density at radius 3 is 2.88 bits per heavy atom. The maximum Gasteiger partial charge on any atom is 0.350 e. The van der Waals surface area contributed by atoms with Crippen LogP contribution in [0.5, 0.6) is 0 Å². The van der Waals surface area contributed by atoms with Crippen LogP contribution in [0.1, 0.15) is 6.42 Å². The Labute approximate surface area is 97.1 Å². The van der Waals surface area contributed by atoms with Gasteiger partial charge in [-0.15, -0.1) is 0 Å². The van der Waals surface area contributed by atoms with E-state index in [2.05, 4.69) is 4.98 Å². The first-order valence-corrected chi connectivity index (χ1v) is 5.41. The Kier molecular flexibility index (Phi) is 3.55. The second-order valence-corrected chi connectivity index (χ2v) is 3.92. The molecule has 0 spiro atoms. The third-order valence-corrected chi connectivity index (χ3v) is 2.71. The fraction of sp³-hybridized carbons (Fsp3) is 0.455. The van der Waals surface area contributed by atoms with Crippen molar-refractivity contribution >= 4 is 11.1 Å². The van der Waals surface area contributed by atoms with Gasteiger partial charge in [-0.1, -0.05) is 0 Å². The van der Waals surface area contributed by atoms with E-state index in [1.165, 1.54) is 10.8 Å². The third-order valence-electron chi connectivity index (χ3n) is 2.71. The molecule has 0 radical (unpaired) electrons. The zero-order chi connectivity index (χ0) is 12.3. The van der Waals surface area contributed by atoms with Gasteiger partial charge in [0.2, 0.25) is 5.71 Å². The molecule has 92 valence electrons. The highest BCUT2D eigenvalue weighted by Crippen LogP contribution is 2.10. The molecule has 0 unspecified atom stereocenters. The highest BCUT2D eigenvalue weighted by molar-refractivity contribution is 5.71. The first-order chi connectivity index (χ1) is 8.24. The monoisotopic (exact) mass is 238 g/mol. The Hall–Kier alpha value is -1.66. The van der Waals surface area contributed by atoms with Crippen LogP contribution in [-0.4, -0.2) is 33.0 Å². The lowest BCUT2D eigenvalue weighted by atomic mass is 10.1. The van der Waals surface area contributed by atoms with Gasteiger partial charge in [-0.25, -0.2) is 4.79 Å². The molecule has 2 rings (SSSR count). The highest BCUT2D eigenvalue weighted by Gasteiger charge is 2.08. The van der Waals surface area contributed by atoms with Crippen molar-refractivity contribution in [1.29, 1.82) is 0 Å². The summed E-state index contributed by atoms with van der Waals surface area (Å²) in [5.41, 5.74) is -0.0609. The maximum absolute atomic E-state index is 11.6. The molecule has 0 fully saturated rings. The summed E-state index contributed by atoms with van der Waals surface area (Å²) < 4.78 is 6.47. The standard InChI is InChI=1S/C11H14N2O4/c14-6-8(7-15)1-3-13-5-9-2-4-17-10(9)12-11(13)16/h2,4-5,8,14-15H,1,3,6-7H2. The number of hydrogen-bond donors (Lipinski definition) is 2. The first kappa shape index (κ1) is 11.8. The summed E-state index contributed by atoms with van der Waals surface area (Å²) in [6.07, 6.45) is 3.67. The minimum Gasteiger partial charge on any atom is -0.446 e. The molecule has 0 atom stereocenters. The molecule has 6 heteroatoms. The van der Waals surface area contributed by atoms with Crippen molar-refractivity contribution in [3.8, 4) is 0 Å². The molecule has 0 aliphatic rings. The van der Waals surface area contributed by atoms with Crippen molar-refractivity contribution in [2.24, 2.45) is 5.92 Å². The lowest BCUT2D eigenvalue weighted by Gasteiger charge is -2.11. The summed E-state index contributed by atoms with van der Waals surface area (Å²) in [4.78, 5) is 15.4. The van der Waals surface area contributed by atoms with Crippen LogP contribution in [0.15, 0.2) is 27.7 Å². The molecule has 0 amide bonds. The van der Waals surface area contributed by atoms with Gasteiger partial charge >= 0.3 is 5.69 Å². The molecule has 2 heterocycles. The molecule has 0 aliphatic heterocycles. The molecule has 0 aromatic carbocycles. The predicted octanol–water partition coefficient (Wildman–Crippen LogP) is -0.0196. The van der Waals surface area contributed by atoms with Crippen LogP contribution in [0, 0.1) is 5.92 Å². The summed E-state index contributed by atoms with van der Waals surface area (Å²) in [7, 11) is 0. The van der Waals surface area contributed by atoms with E-state index >= 15 is 0 Å². The van der Waals surface area contributed by atoms with Crippen LogP contribution in [0.2, 0.25) is 0 Å². The number of aryl methyl sites for hydroxylation is 1. The molecular formula is C11H14N2O4. The largest absolute Gasteiger partial charge is 0.446 e. The summed E-state index contributed by atoms with van der Waals surface area (Å²) in [5.74, 6) is -0.207. The van der Waals surface area contributed by atoms with Gasteiger partial charge in [-0.3, -0.25) is 4.57 Å². The van der Waals surface area contributed by atoms with Gasteiger partial charge in [0.25, 0.3) is 0 Å². The number of aliphatic hydroxyl groups excluding tert-OH is 2. The SMILES string of the molecule is O=c1nc2occc2cn1CCC(CO)CO. The number of furan rings is 1. The van der Waals surface area contributed by atoms with Crippen molar-refractivity contribution in [3.63, 3.8) is 0 Å². The quantitative estimate of drug-likeness (QED) is 0.764. The third kappa shape index (κ3) is 2.54. The van der Waals surface area contributed by atoms with Crippen LogP contribution in [0.3, 0.4) is 0 Å². The molecule has 0 aliphatic carbocycles. The maximum atomic E-state index is 11.6. The number of hydrogen-bond acceptors (Lipinski definition) is 5. The molecule has 2 N–H and O–H groups in total. The molecule has 2 aromatic heterocycles. The van der Waals surface area contributed by atoms with Crippen molar-refractivity contribution in [3.05, 3.63) is 29.0 Å². The molecule has 0 saturated carbocycles. The minimum absolute atomic E-state index is 0.0906. The molecule has 0 bridgehead atoms. The van der Waals surface area contributed by atoms with Crippen LogP contribution >= 0.6 is 0 Å². The van der Waals surface area contributed by atoms with Crippen LogP contribution in [0.4, 0.5) is 0 Å². The molecule has 6 nitrogen and oxygen atoms in total. The lowest BCUT2D eigenvalue weighted by molar-refractivity contribution is 0.140. The number of fused-ring (bicyclic) bond motifs is 1. The molecule has 2 aromatic rings. The summed E-state index contributed by atoms with van der Waals surface area (Å²) in [6, 6.07) is 1.73. The van der Waals surface area contributed by atoms with Crippen molar-refractivity contribution in [2.45, 2.75) is 13.0 Å². The highest BCUT2D eigenvalue weighted by atomic mass is 16.3. The Bertz CT molecular complexity index is 542. The van der Waals surface area contributed by atoms with E-state index < -0.39 is 0 Å². The Balaban J connectivity index is 2.17. The topological polar surface area (TPSA) is 88.5 Å². The Morgan fingerprint density at radius 2 is 2.18 bits per heavy atom. The van der Waals surface area contributed by atoms with Crippen LogP contribution in [-0.2, 0) is 6.54 Å². The summed E-state index contributed by atoms with van der Waals surface area (Å²) >= 11 is 0. The molecular weight excluding hydrogens is 224 g/mol. The van der Waals surface area contributed by atoms with E-state index in [0.717, 1.165) is 5.39 Å². The second-order valence-electron chi connectivity index (χ2n) is 3.92. The zero-order valence-electron chi connectivity index (χ0n) is 9.24. The average molecular weight is 238 g/mol. The fourth-order valence-electron chi connectivity index (χ4n) is 1.60. The molecule has 17 heavy (non-hydrogen) atoms. The lowest BCUT2D eigenvalue weighted by Crippen LogP contribution is -2.24. The van der Waals surface area contributed by atoms with Gasteiger partial charge in [-0.05, 0) is 12.5 Å². The van der Waals surface area contributed by atoms with Gasteiger partial charge in [-0.2, -0.15) is 4.98 Å². The summed E-state index contributed by atoms with van der Waals surface area (Å²) in [6.45, 7) is 0.234. The number of nitrogens with zero attached hydrogens (tertiary/aromatic N) is 2. The van der Waals surface area contributed by atoms with E-state index in [-0.39, 0.29) is 24.8 Å². The predicted molar refractivity (Wildman–Crippen MR) is 60.5 cm³/mol. The fourth-order valence-corrected chi connectivity index (χ4v) is 1.60. The number of aromatic nitrogens is 2. The second kappa shape index (κ2) is 5.11. The van der Waals surface area contributed by atoms with Crippen molar-refractivity contribution in [1.82, 2.24) is 9.55 Å². The zero-order valence-corrected chi connectivity index (χ0v) is 9.24. The number of rotatable bonds is 5. The molecule has 0 saturated heterocycles. The van der Waals surface area contributed by atoms with E-state index in [0.29, 0.717) is 18.7 Å². The van der Waals surface area contributed by atoms with Gasteiger partial charge < -0.3 is 14.6 Å². The van der Waals surface area contributed by atoms with E-state index in [1.54, 1.807) is 12.3 Å². The normalized spacial score (nSPS) is 11.5.